The molecular weight excluding hydrogens is 554 g/mol. The van der Waals surface area contributed by atoms with E-state index in [2.05, 4.69) is 38.2 Å². The topological polar surface area (TPSA) is 129 Å². The zero-order valence-corrected chi connectivity index (χ0v) is 25.1. The molecule has 1 aromatic carbocycles. The summed E-state index contributed by atoms with van der Waals surface area (Å²) >= 11 is 0. The van der Waals surface area contributed by atoms with Gasteiger partial charge in [-0.15, -0.1) is 0 Å². The molecule has 0 atom stereocenters. The number of nitrogens with zero attached hydrogens (tertiary/aromatic N) is 7. The maximum atomic E-state index is 10.3. The van der Waals surface area contributed by atoms with Gasteiger partial charge in [0, 0.05) is 56.6 Å². The molecule has 0 spiro atoms. The number of anilines is 1. The van der Waals surface area contributed by atoms with Gasteiger partial charge in [-0.1, -0.05) is 6.07 Å². The first kappa shape index (κ1) is 29.5. The SMILES string of the molecule is C1COC1.CNC1CCN(C=O)CC1.Nc1ncccc1-c1nc2ccc(-n3cccn3)nc2n1-c1ccc2c(c1)CCC2. The normalized spacial score (nSPS) is 15.9. The number of fused-ring (bicyclic) bond motifs is 2. The van der Waals surface area contributed by atoms with Crippen molar-refractivity contribution < 1.29 is 9.53 Å². The summed E-state index contributed by atoms with van der Waals surface area (Å²) in [7, 11) is 1.97. The zero-order valence-electron chi connectivity index (χ0n) is 25.1. The van der Waals surface area contributed by atoms with E-state index >= 15 is 0 Å². The molecule has 11 heteroatoms. The summed E-state index contributed by atoms with van der Waals surface area (Å²) < 4.78 is 8.55. The van der Waals surface area contributed by atoms with Crippen LogP contribution in [-0.4, -0.2) is 80.0 Å². The highest BCUT2D eigenvalue weighted by molar-refractivity contribution is 5.83. The Morgan fingerprint density at radius 3 is 2.45 bits per heavy atom. The maximum Gasteiger partial charge on any atom is 0.209 e. The van der Waals surface area contributed by atoms with Crippen molar-refractivity contribution in [3.63, 3.8) is 0 Å². The Morgan fingerprint density at radius 2 is 1.77 bits per heavy atom. The Balaban J connectivity index is 0.000000203. The highest BCUT2D eigenvalue weighted by Crippen LogP contribution is 2.32. The molecule has 0 saturated carbocycles. The fourth-order valence-corrected chi connectivity index (χ4v) is 5.65. The number of piperidine rings is 1. The van der Waals surface area contributed by atoms with Crippen LogP contribution in [0, 0.1) is 0 Å². The third kappa shape index (κ3) is 6.48. The Hall–Kier alpha value is -4.61. The molecule has 0 bridgehead atoms. The number of ether oxygens (including phenoxy) is 1. The van der Waals surface area contributed by atoms with Crippen molar-refractivity contribution in [2.45, 2.75) is 44.6 Å². The van der Waals surface area contributed by atoms with E-state index in [1.807, 2.05) is 48.5 Å². The molecule has 44 heavy (non-hydrogen) atoms. The number of rotatable bonds is 5. The smallest absolute Gasteiger partial charge is 0.209 e. The van der Waals surface area contributed by atoms with Gasteiger partial charge >= 0.3 is 0 Å². The largest absolute Gasteiger partial charge is 0.383 e. The molecule has 0 radical (unpaired) electrons. The number of aromatic nitrogens is 6. The average Bonchev–Trinajstić information content (AvgIpc) is 3.80. The highest BCUT2D eigenvalue weighted by atomic mass is 16.5. The van der Waals surface area contributed by atoms with Crippen LogP contribution in [0.4, 0.5) is 5.82 Å². The molecular formula is C33H39N9O2. The number of hydrogen-bond acceptors (Lipinski definition) is 8. The standard InChI is InChI=1S/C23H19N7.C7H14N2O.C3H6O/c24-21-18(6-2-11-25-21)22-27-19-9-10-20(29-13-3-12-26-29)28-23(19)30(22)17-8-7-15-4-1-5-16(15)14-17;1-8-7-2-4-9(6-10)5-3-7;1-2-4-3-1/h2-3,6-14H,1,4-5H2,(H2,24,25);6-8H,2-5H2,1H3;1-3H2. The zero-order chi connectivity index (χ0) is 30.3. The van der Waals surface area contributed by atoms with Gasteiger partial charge in [0.1, 0.15) is 11.3 Å². The molecule has 1 amide bonds. The second-order valence-corrected chi connectivity index (χ2v) is 11.1. The Morgan fingerprint density at radius 1 is 0.977 bits per heavy atom. The molecule has 3 N–H and O–H groups in total. The molecule has 1 aliphatic carbocycles. The first-order chi connectivity index (χ1) is 21.6. The van der Waals surface area contributed by atoms with E-state index < -0.39 is 0 Å². The summed E-state index contributed by atoms with van der Waals surface area (Å²) in [6.07, 6.45) is 13.2. The van der Waals surface area contributed by atoms with Gasteiger partial charge in [0.25, 0.3) is 0 Å². The van der Waals surface area contributed by atoms with Crippen LogP contribution in [0.2, 0.25) is 0 Å². The average molecular weight is 594 g/mol. The van der Waals surface area contributed by atoms with Crippen molar-refractivity contribution in [1.29, 1.82) is 0 Å². The molecule has 2 aliphatic heterocycles. The third-order valence-electron chi connectivity index (χ3n) is 8.31. The lowest BCUT2D eigenvalue weighted by molar-refractivity contribution is -0.119. The van der Waals surface area contributed by atoms with Gasteiger partial charge in [-0.2, -0.15) is 5.10 Å². The summed E-state index contributed by atoms with van der Waals surface area (Å²) in [5.74, 6) is 1.92. The van der Waals surface area contributed by atoms with Crippen molar-refractivity contribution >= 4 is 23.4 Å². The predicted molar refractivity (Wildman–Crippen MR) is 171 cm³/mol. The van der Waals surface area contributed by atoms with E-state index in [9.17, 15) is 4.79 Å². The van der Waals surface area contributed by atoms with Crippen molar-refractivity contribution in [2.75, 3.05) is 39.1 Å². The van der Waals surface area contributed by atoms with Crippen molar-refractivity contribution in [3.05, 3.63) is 78.2 Å². The van der Waals surface area contributed by atoms with Gasteiger partial charge in [0.05, 0.1) is 5.56 Å². The van der Waals surface area contributed by atoms with Crippen LogP contribution in [-0.2, 0) is 22.4 Å². The second-order valence-electron chi connectivity index (χ2n) is 11.1. The number of benzene rings is 1. The number of carbonyl (C=O) groups is 1. The summed E-state index contributed by atoms with van der Waals surface area (Å²) in [5, 5.41) is 7.52. The minimum atomic E-state index is 0.447. The van der Waals surface area contributed by atoms with Gasteiger partial charge in [-0.3, -0.25) is 9.36 Å². The number of pyridine rings is 2. The monoisotopic (exact) mass is 593 g/mol. The Kier molecular flexibility index (Phi) is 9.23. The first-order valence-electron chi connectivity index (χ1n) is 15.3. The third-order valence-corrected chi connectivity index (χ3v) is 8.31. The lowest BCUT2D eigenvalue weighted by Gasteiger charge is -2.28. The van der Waals surface area contributed by atoms with E-state index in [1.165, 1.54) is 24.0 Å². The number of likely N-dealkylation sites (tertiary alicyclic amines) is 1. The molecule has 11 nitrogen and oxygen atoms in total. The molecule has 6 heterocycles. The molecule has 4 aromatic heterocycles. The quantitative estimate of drug-likeness (QED) is 0.293. The summed E-state index contributed by atoms with van der Waals surface area (Å²) in [6.45, 7) is 3.82. The van der Waals surface area contributed by atoms with E-state index in [1.54, 1.807) is 17.1 Å². The van der Waals surface area contributed by atoms with E-state index in [-0.39, 0.29) is 0 Å². The fourth-order valence-electron chi connectivity index (χ4n) is 5.65. The molecule has 5 aromatic rings. The number of carbonyl (C=O) groups excluding carboxylic acids is 1. The van der Waals surface area contributed by atoms with Crippen molar-refractivity contribution in [1.82, 2.24) is 39.5 Å². The van der Waals surface area contributed by atoms with E-state index in [0.29, 0.717) is 11.9 Å². The second kappa shape index (κ2) is 13.8. The number of nitrogens with two attached hydrogens (primary N) is 1. The van der Waals surface area contributed by atoms with Crippen LogP contribution >= 0.6 is 0 Å². The lowest BCUT2D eigenvalue weighted by atomic mass is 10.1. The summed E-state index contributed by atoms with van der Waals surface area (Å²) in [5.41, 5.74) is 12.4. The highest BCUT2D eigenvalue weighted by Gasteiger charge is 2.20. The minimum absolute atomic E-state index is 0.447. The van der Waals surface area contributed by atoms with Gasteiger partial charge in [-0.05, 0) is 99.2 Å². The van der Waals surface area contributed by atoms with Crippen LogP contribution in [0.1, 0.15) is 36.8 Å². The molecule has 3 aliphatic rings. The Bertz CT molecular complexity index is 1680. The van der Waals surface area contributed by atoms with Crippen molar-refractivity contribution in [2.24, 2.45) is 0 Å². The number of aryl methyl sites for hydroxylation is 2. The van der Waals surface area contributed by atoms with Crippen LogP contribution in [0.15, 0.2) is 67.1 Å². The lowest BCUT2D eigenvalue weighted by Crippen LogP contribution is -2.40. The number of amides is 1. The number of imidazole rings is 1. The van der Waals surface area contributed by atoms with Crippen molar-refractivity contribution in [3.8, 4) is 22.9 Å². The van der Waals surface area contributed by atoms with Gasteiger partial charge in [0.15, 0.2) is 17.3 Å². The van der Waals surface area contributed by atoms with Gasteiger partial charge in [-0.25, -0.2) is 19.6 Å². The molecule has 228 valence electrons. The Labute approximate surface area is 257 Å². The minimum Gasteiger partial charge on any atom is -0.383 e. The number of nitrogen functional groups attached to an aromatic ring is 1. The number of hydrogen-bond donors (Lipinski definition) is 2. The van der Waals surface area contributed by atoms with Crippen LogP contribution in [0.5, 0.6) is 0 Å². The molecule has 8 rings (SSSR count). The molecule has 2 saturated heterocycles. The van der Waals surface area contributed by atoms with Crippen LogP contribution < -0.4 is 11.1 Å². The summed E-state index contributed by atoms with van der Waals surface area (Å²) in [6, 6.07) is 16.8. The van der Waals surface area contributed by atoms with E-state index in [4.69, 9.17) is 20.4 Å². The first-order valence-corrected chi connectivity index (χ1v) is 15.3. The predicted octanol–water partition coefficient (Wildman–Crippen LogP) is 3.97. The fraction of sp³-hybridized carbons (Fsp3) is 0.364. The molecule has 2 fully saturated rings. The van der Waals surface area contributed by atoms with Gasteiger partial charge < -0.3 is 20.7 Å². The maximum absolute atomic E-state index is 10.3. The van der Waals surface area contributed by atoms with Gasteiger partial charge in [0.2, 0.25) is 6.41 Å². The summed E-state index contributed by atoms with van der Waals surface area (Å²) in [4.78, 5) is 26.1. The molecule has 0 unspecified atom stereocenters. The van der Waals surface area contributed by atoms with Crippen LogP contribution in [0.3, 0.4) is 0 Å². The number of nitrogens with one attached hydrogen (secondary N) is 1. The van der Waals surface area contributed by atoms with E-state index in [0.717, 1.165) is 92.5 Å². The van der Waals surface area contributed by atoms with Crippen LogP contribution in [0.25, 0.3) is 34.1 Å².